The third-order valence-electron chi connectivity index (χ3n) is 8.20. The summed E-state index contributed by atoms with van der Waals surface area (Å²) >= 11 is 0. The molecule has 5 rings (SSSR count). The van der Waals surface area contributed by atoms with E-state index in [-0.39, 0.29) is 12.4 Å². The molecule has 3 atom stereocenters. The second-order valence-electron chi connectivity index (χ2n) is 9.87. The van der Waals surface area contributed by atoms with Crippen LogP contribution in [0.3, 0.4) is 0 Å². The van der Waals surface area contributed by atoms with Gasteiger partial charge in [-0.05, 0) is 86.9 Å². The topological polar surface area (TPSA) is 23.6 Å². The van der Waals surface area contributed by atoms with Crippen LogP contribution in [0.5, 0.6) is 0 Å². The van der Waals surface area contributed by atoms with Crippen LogP contribution in [0.2, 0.25) is 0 Å². The van der Waals surface area contributed by atoms with Gasteiger partial charge in [0.25, 0.3) is 0 Å². The number of rotatable bonds is 5. The normalized spacial score (nSPS) is 29.9. The zero-order valence-corrected chi connectivity index (χ0v) is 18.5. The van der Waals surface area contributed by atoms with Crippen LogP contribution in [0, 0.1) is 17.8 Å². The summed E-state index contributed by atoms with van der Waals surface area (Å²) in [7, 11) is 0. The van der Waals surface area contributed by atoms with E-state index >= 15 is 0 Å². The average Bonchev–Trinajstić information content (AvgIpc) is 3.51. The SMILES string of the molecule is Cl.O=C(C1CCCC1)N1CC2CCC(c3ccc(CCN4CCCC4)cc3)C2C1. The minimum atomic E-state index is 0. The largest absolute Gasteiger partial charge is 0.342 e. The first-order chi connectivity index (χ1) is 13.8. The zero-order valence-electron chi connectivity index (χ0n) is 17.7. The Kier molecular flexibility index (Phi) is 6.86. The van der Waals surface area contributed by atoms with Crippen molar-refractivity contribution < 1.29 is 4.79 Å². The summed E-state index contributed by atoms with van der Waals surface area (Å²) in [5, 5.41) is 0. The maximum absolute atomic E-state index is 12.9. The predicted octanol–water partition coefficient (Wildman–Crippen LogP) is 4.89. The van der Waals surface area contributed by atoms with Gasteiger partial charge < -0.3 is 9.80 Å². The highest BCUT2D eigenvalue weighted by Gasteiger charge is 2.45. The number of carbonyl (C=O) groups is 1. The minimum Gasteiger partial charge on any atom is -0.342 e. The van der Waals surface area contributed by atoms with E-state index in [4.69, 9.17) is 0 Å². The van der Waals surface area contributed by atoms with E-state index in [9.17, 15) is 4.79 Å². The first kappa shape index (κ1) is 21.2. The first-order valence-corrected chi connectivity index (χ1v) is 11.9. The molecular weight excluding hydrogens is 380 g/mol. The average molecular weight is 417 g/mol. The number of benzene rings is 1. The number of nitrogens with zero attached hydrogens (tertiary/aromatic N) is 2. The van der Waals surface area contributed by atoms with Gasteiger partial charge in [0.2, 0.25) is 5.91 Å². The van der Waals surface area contributed by atoms with Crippen LogP contribution in [0.4, 0.5) is 0 Å². The third kappa shape index (κ3) is 4.51. The molecule has 29 heavy (non-hydrogen) atoms. The lowest BCUT2D eigenvalue weighted by Crippen LogP contribution is -2.34. The van der Waals surface area contributed by atoms with Crippen molar-refractivity contribution in [2.45, 2.75) is 63.7 Å². The smallest absolute Gasteiger partial charge is 0.225 e. The predicted molar refractivity (Wildman–Crippen MR) is 121 cm³/mol. The van der Waals surface area contributed by atoms with E-state index in [0.717, 1.165) is 31.8 Å². The lowest BCUT2D eigenvalue weighted by Gasteiger charge is -2.23. The fourth-order valence-corrected chi connectivity index (χ4v) is 6.52. The van der Waals surface area contributed by atoms with E-state index in [2.05, 4.69) is 34.1 Å². The molecule has 0 N–H and O–H groups in total. The zero-order chi connectivity index (χ0) is 18.9. The van der Waals surface area contributed by atoms with Gasteiger partial charge in [0.05, 0.1) is 0 Å². The summed E-state index contributed by atoms with van der Waals surface area (Å²) in [6.45, 7) is 5.84. The standard InChI is InChI=1S/C25H36N2O.ClH/c28-25(21-5-1-2-6-21)27-17-22-11-12-23(24(22)18-27)20-9-7-19(8-10-20)13-16-26-14-3-4-15-26;/h7-10,21-24H,1-6,11-18H2;1H. The summed E-state index contributed by atoms with van der Waals surface area (Å²) in [4.78, 5) is 17.7. The van der Waals surface area contributed by atoms with Crippen molar-refractivity contribution in [2.75, 3.05) is 32.7 Å². The Balaban J connectivity index is 0.00000205. The minimum absolute atomic E-state index is 0. The fourth-order valence-electron chi connectivity index (χ4n) is 6.52. The highest BCUT2D eigenvalue weighted by molar-refractivity contribution is 5.85. The first-order valence-electron chi connectivity index (χ1n) is 11.9. The van der Waals surface area contributed by atoms with Gasteiger partial charge in [-0.3, -0.25) is 4.79 Å². The van der Waals surface area contributed by atoms with Gasteiger partial charge in [0, 0.05) is 25.6 Å². The van der Waals surface area contributed by atoms with Gasteiger partial charge >= 0.3 is 0 Å². The van der Waals surface area contributed by atoms with Crippen LogP contribution in [-0.2, 0) is 11.2 Å². The highest BCUT2D eigenvalue weighted by Crippen LogP contribution is 2.48. The lowest BCUT2D eigenvalue weighted by molar-refractivity contribution is -0.134. The molecule has 160 valence electrons. The van der Waals surface area contributed by atoms with Crippen molar-refractivity contribution in [3.63, 3.8) is 0 Å². The number of amides is 1. The molecule has 0 aromatic heterocycles. The summed E-state index contributed by atoms with van der Waals surface area (Å²) in [6.07, 6.45) is 11.3. The molecule has 3 unspecified atom stereocenters. The van der Waals surface area contributed by atoms with Gasteiger partial charge in [-0.2, -0.15) is 0 Å². The summed E-state index contributed by atoms with van der Waals surface area (Å²) in [5.41, 5.74) is 3.00. The molecule has 2 heterocycles. The van der Waals surface area contributed by atoms with Crippen molar-refractivity contribution in [1.29, 1.82) is 0 Å². The fraction of sp³-hybridized carbons (Fsp3) is 0.720. The molecule has 2 aliphatic heterocycles. The van der Waals surface area contributed by atoms with Crippen molar-refractivity contribution >= 4 is 18.3 Å². The molecule has 4 fully saturated rings. The molecule has 2 saturated heterocycles. The summed E-state index contributed by atoms with van der Waals surface area (Å²) in [6, 6.07) is 9.53. The van der Waals surface area contributed by atoms with Crippen LogP contribution in [0.25, 0.3) is 0 Å². The maximum atomic E-state index is 12.9. The van der Waals surface area contributed by atoms with Gasteiger partial charge in [-0.1, -0.05) is 37.1 Å². The number of hydrogen-bond acceptors (Lipinski definition) is 2. The number of halogens is 1. The van der Waals surface area contributed by atoms with E-state index in [1.807, 2.05) is 0 Å². The Morgan fingerprint density at radius 3 is 2.34 bits per heavy atom. The van der Waals surface area contributed by atoms with E-state index in [1.54, 1.807) is 0 Å². The molecule has 1 amide bonds. The number of fused-ring (bicyclic) bond motifs is 1. The molecule has 0 bridgehead atoms. The van der Waals surface area contributed by atoms with Crippen molar-refractivity contribution in [3.8, 4) is 0 Å². The molecule has 1 aromatic carbocycles. The van der Waals surface area contributed by atoms with Gasteiger partial charge in [-0.25, -0.2) is 0 Å². The van der Waals surface area contributed by atoms with E-state index in [0.29, 0.717) is 23.7 Å². The van der Waals surface area contributed by atoms with Gasteiger partial charge in [0.15, 0.2) is 0 Å². The van der Waals surface area contributed by atoms with E-state index < -0.39 is 0 Å². The molecule has 2 saturated carbocycles. The van der Waals surface area contributed by atoms with Crippen molar-refractivity contribution in [3.05, 3.63) is 35.4 Å². The quantitative estimate of drug-likeness (QED) is 0.682. The van der Waals surface area contributed by atoms with E-state index in [1.165, 1.54) is 75.7 Å². The van der Waals surface area contributed by atoms with Crippen LogP contribution >= 0.6 is 12.4 Å². The third-order valence-corrected chi connectivity index (χ3v) is 8.20. The molecule has 4 aliphatic rings. The van der Waals surface area contributed by atoms with Crippen LogP contribution in [0.15, 0.2) is 24.3 Å². The Hall–Kier alpha value is -1.06. The van der Waals surface area contributed by atoms with Crippen LogP contribution in [-0.4, -0.2) is 48.4 Å². The molecule has 1 aromatic rings. The Bertz CT molecular complexity index is 679. The van der Waals surface area contributed by atoms with Crippen LogP contribution < -0.4 is 0 Å². The lowest BCUT2D eigenvalue weighted by atomic mass is 9.86. The molecule has 4 heteroatoms. The number of hydrogen-bond donors (Lipinski definition) is 0. The molecule has 0 spiro atoms. The highest BCUT2D eigenvalue weighted by atomic mass is 35.5. The van der Waals surface area contributed by atoms with Crippen molar-refractivity contribution in [1.82, 2.24) is 9.80 Å². The Labute approximate surface area is 182 Å². The van der Waals surface area contributed by atoms with Crippen LogP contribution in [0.1, 0.15) is 68.4 Å². The molecule has 2 aliphatic carbocycles. The maximum Gasteiger partial charge on any atom is 0.225 e. The van der Waals surface area contributed by atoms with Gasteiger partial charge in [0.1, 0.15) is 0 Å². The summed E-state index contributed by atoms with van der Waals surface area (Å²) in [5.74, 6) is 2.92. The number of likely N-dealkylation sites (tertiary alicyclic amines) is 2. The molecular formula is C25H37ClN2O. The molecule has 0 radical (unpaired) electrons. The molecule has 3 nitrogen and oxygen atoms in total. The second kappa shape index (κ2) is 9.39. The number of carbonyl (C=O) groups excluding carboxylic acids is 1. The second-order valence-corrected chi connectivity index (χ2v) is 9.87. The van der Waals surface area contributed by atoms with Crippen molar-refractivity contribution in [2.24, 2.45) is 17.8 Å². The summed E-state index contributed by atoms with van der Waals surface area (Å²) < 4.78 is 0. The Morgan fingerprint density at radius 2 is 1.62 bits per heavy atom. The van der Waals surface area contributed by atoms with Gasteiger partial charge in [-0.15, -0.1) is 12.4 Å². The monoisotopic (exact) mass is 416 g/mol. The Morgan fingerprint density at radius 1 is 0.897 bits per heavy atom.